The first-order chi connectivity index (χ1) is 25.3. The van der Waals surface area contributed by atoms with Crippen molar-refractivity contribution in [2.24, 2.45) is 0 Å². The van der Waals surface area contributed by atoms with E-state index in [-0.39, 0.29) is 0 Å². The minimum atomic E-state index is 0.807. The van der Waals surface area contributed by atoms with Crippen LogP contribution in [0, 0.1) is 0 Å². The molecule has 0 fully saturated rings. The molecule has 51 heavy (non-hydrogen) atoms. The normalized spacial score (nSPS) is 11.5. The average Bonchev–Trinajstić information content (AvgIpc) is 3.59. The van der Waals surface area contributed by atoms with Gasteiger partial charge in [0.15, 0.2) is 0 Å². The fourth-order valence-electron chi connectivity index (χ4n) is 7.11. The molecule has 5 nitrogen and oxygen atoms in total. The van der Waals surface area contributed by atoms with Crippen molar-refractivity contribution >= 4 is 43.6 Å². The van der Waals surface area contributed by atoms with Crippen molar-refractivity contribution in [3.8, 4) is 56.3 Å². The maximum atomic E-state index is 6.68. The van der Waals surface area contributed by atoms with Crippen LogP contribution in [0.4, 0.5) is 0 Å². The molecule has 0 aliphatic rings. The second-order valence-corrected chi connectivity index (χ2v) is 12.7. The SMILES string of the molecule is c1ccc(-c2nc3ccccc3c3c2ccc2c4cc(-c5ccc(-c6cc(-c7ccccn7)nc(-c7ccccn7)c6)cc5)ccc4oc23)cc1. The Morgan fingerprint density at radius 1 is 0.373 bits per heavy atom. The van der Waals surface area contributed by atoms with E-state index in [2.05, 4.69) is 119 Å². The summed E-state index contributed by atoms with van der Waals surface area (Å²) in [6.45, 7) is 0. The van der Waals surface area contributed by atoms with E-state index in [9.17, 15) is 0 Å². The molecule has 0 saturated heterocycles. The van der Waals surface area contributed by atoms with E-state index in [4.69, 9.17) is 14.4 Å². The van der Waals surface area contributed by atoms with Gasteiger partial charge >= 0.3 is 0 Å². The molecule has 0 atom stereocenters. The Hall–Kier alpha value is -6.98. The molecule has 5 heteroatoms. The van der Waals surface area contributed by atoms with Gasteiger partial charge in [0.1, 0.15) is 11.2 Å². The van der Waals surface area contributed by atoms with Gasteiger partial charge in [-0.15, -0.1) is 0 Å². The minimum Gasteiger partial charge on any atom is -0.455 e. The van der Waals surface area contributed by atoms with Crippen LogP contribution >= 0.6 is 0 Å². The largest absolute Gasteiger partial charge is 0.455 e. The Balaban J connectivity index is 1.08. The second kappa shape index (κ2) is 11.9. The number of para-hydroxylation sites is 1. The molecule has 5 aromatic carbocycles. The summed E-state index contributed by atoms with van der Waals surface area (Å²) < 4.78 is 6.68. The van der Waals surface area contributed by atoms with Crippen molar-refractivity contribution in [2.75, 3.05) is 0 Å². The van der Waals surface area contributed by atoms with Crippen LogP contribution in [0.5, 0.6) is 0 Å². The van der Waals surface area contributed by atoms with Crippen LogP contribution in [0.15, 0.2) is 175 Å². The summed E-state index contributed by atoms with van der Waals surface area (Å²) in [5.41, 5.74) is 12.4. The van der Waals surface area contributed by atoms with Gasteiger partial charge < -0.3 is 4.42 Å². The van der Waals surface area contributed by atoms with Gasteiger partial charge in [-0.3, -0.25) is 9.97 Å². The zero-order chi connectivity index (χ0) is 33.7. The quantitative estimate of drug-likeness (QED) is 0.173. The number of furan rings is 1. The van der Waals surface area contributed by atoms with Crippen molar-refractivity contribution in [3.05, 3.63) is 170 Å². The third kappa shape index (κ3) is 5.03. The Bertz CT molecular complexity index is 2830. The van der Waals surface area contributed by atoms with E-state index >= 15 is 0 Å². The highest BCUT2D eigenvalue weighted by Crippen LogP contribution is 2.41. The molecule has 0 bridgehead atoms. The average molecular weight is 653 g/mol. The molecule has 5 heterocycles. The summed E-state index contributed by atoms with van der Waals surface area (Å²) in [7, 11) is 0. The first-order valence-electron chi connectivity index (χ1n) is 17.0. The van der Waals surface area contributed by atoms with E-state index in [1.807, 2.05) is 48.5 Å². The number of rotatable bonds is 5. The van der Waals surface area contributed by atoms with Crippen LogP contribution in [0.3, 0.4) is 0 Å². The number of hydrogen-bond donors (Lipinski definition) is 0. The maximum Gasteiger partial charge on any atom is 0.144 e. The Morgan fingerprint density at radius 3 is 1.71 bits per heavy atom. The zero-order valence-corrected chi connectivity index (χ0v) is 27.4. The molecule has 0 N–H and O–H groups in total. The van der Waals surface area contributed by atoms with Gasteiger partial charge in [-0.25, -0.2) is 9.97 Å². The fourth-order valence-corrected chi connectivity index (χ4v) is 7.11. The molecule has 0 aliphatic carbocycles. The second-order valence-electron chi connectivity index (χ2n) is 12.7. The third-order valence-electron chi connectivity index (χ3n) is 9.58. The van der Waals surface area contributed by atoms with Crippen LogP contribution in [0.25, 0.3) is 99.9 Å². The van der Waals surface area contributed by atoms with E-state index in [0.29, 0.717) is 0 Å². The summed E-state index contributed by atoms with van der Waals surface area (Å²) in [6, 6.07) is 54.2. The predicted octanol–water partition coefficient (Wildman–Crippen LogP) is 11.8. The molecule has 0 radical (unpaired) electrons. The lowest BCUT2D eigenvalue weighted by Gasteiger charge is -2.10. The number of nitrogens with zero attached hydrogens (tertiary/aromatic N) is 4. The molecule has 0 aliphatic heterocycles. The fraction of sp³-hybridized carbons (Fsp3) is 0. The Morgan fingerprint density at radius 2 is 1.00 bits per heavy atom. The van der Waals surface area contributed by atoms with E-state index < -0.39 is 0 Å². The van der Waals surface area contributed by atoms with Crippen LogP contribution < -0.4 is 0 Å². The molecule has 10 rings (SSSR count). The summed E-state index contributed by atoms with van der Waals surface area (Å²) in [5, 5.41) is 5.43. The molecule has 10 aromatic rings. The highest BCUT2D eigenvalue weighted by molar-refractivity contribution is 6.24. The molecule has 0 amide bonds. The smallest absolute Gasteiger partial charge is 0.144 e. The van der Waals surface area contributed by atoms with Crippen LogP contribution in [-0.2, 0) is 0 Å². The number of benzene rings is 5. The van der Waals surface area contributed by atoms with Crippen LogP contribution in [0.1, 0.15) is 0 Å². The Kier molecular flexibility index (Phi) is 6.74. The zero-order valence-electron chi connectivity index (χ0n) is 27.4. The lowest BCUT2D eigenvalue weighted by Crippen LogP contribution is -1.93. The van der Waals surface area contributed by atoms with Gasteiger partial charge in [-0.2, -0.15) is 0 Å². The Labute approximate surface area is 293 Å². The molecule has 5 aromatic heterocycles. The lowest BCUT2D eigenvalue weighted by molar-refractivity contribution is 0.673. The van der Waals surface area contributed by atoms with Crippen LogP contribution in [0.2, 0.25) is 0 Å². The molecule has 238 valence electrons. The first-order valence-corrected chi connectivity index (χ1v) is 17.0. The van der Waals surface area contributed by atoms with Gasteiger partial charge in [0.2, 0.25) is 0 Å². The van der Waals surface area contributed by atoms with Gasteiger partial charge in [-0.1, -0.05) is 97.1 Å². The monoisotopic (exact) mass is 652 g/mol. The van der Waals surface area contributed by atoms with Gasteiger partial charge in [0.05, 0.1) is 34.0 Å². The van der Waals surface area contributed by atoms with Crippen molar-refractivity contribution < 1.29 is 4.42 Å². The predicted molar refractivity (Wildman–Crippen MR) is 207 cm³/mol. The maximum absolute atomic E-state index is 6.68. The number of aromatic nitrogens is 4. The number of pyridine rings is 4. The topological polar surface area (TPSA) is 64.7 Å². The highest BCUT2D eigenvalue weighted by Gasteiger charge is 2.18. The van der Waals surface area contributed by atoms with Gasteiger partial charge in [-0.05, 0) is 82.9 Å². The van der Waals surface area contributed by atoms with Crippen molar-refractivity contribution in [1.82, 2.24) is 19.9 Å². The van der Waals surface area contributed by atoms with Crippen LogP contribution in [-0.4, -0.2) is 19.9 Å². The third-order valence-corrected chi connectivity index (χ3v) is 9.58. The summed E-state index contributed by atoms with van der Waals surface area (Å²) in [5.74, 6) is 0. The summed E-state index contributed by atoms with van der Waals surface area (Å²) in [6.07, 6.45) is 3.59. The highest BCUT2D eigenvalue weighted by atomic mass is 16.3. The minimum absolute atomic E-state index is 0.807. The van der Waals surface area contributed by atoms with E-state index in [1.54, 1.807) is 12.4 Å². The van der Waals surface area contributed by atoms with Gasteiger partial charge in [0.25, 0.3) is 0 Å². The van der Waals surface area contributed by atoms with E-state index in [0.717, 1.165) is 99.9 Å². The van der Waals surface area contributed by atoms with E-state index in [1.165, 1.54) is 0 Å². The molecular weight excluding hydrogens is 625 g/mol. The van der Waals surface area contributed by atoms with Crippen molar-refractivity contribution in [3.63, 3.8) is 0 Å². The van der Waals surface area contributed by atoms with Crippen molar-refractivity contribution in [1.29, 1.82) is 0 Å². The molecule has 0 saturated carbocycles. The molecule has 0 unspecified atom stereocenters. The lowest BCUT2D eigenvalue weighted by atomic mass is 9.96. The standard InChI is InChI=1S/C46H28N4O/c1-2-10-31(11-3-1)45-36-22-21-34-37-26-32(20-23-43(37)51-46(34)44(36)35-12-4-5-13-38(35)50-45)29-16-18-30(19-17-29)33-27-41(39-14-6-8-24-47-39)49-42(28-33)40-15-7-9-25-48-40/h1-28H. The molecular formula is C46H28N4O. The molecule has 0 spiro atoms. The van der Waals surface area contributed by atoms with Gasteiger partial charge in [0, 0.05) is 44.9 Å². The summed E-state index contributed by atoms with van der Waals surface area (Å²) >= 11 is 0. The first kappa shape index (κ1) is 29.0. The van der Waals surface area contributed by atoms with Crippen molar-refractivity contribution in [2.45, 2.75) is 0 Å². The number of fused-ring (bicyclic) bond motifs is 7. The summed E-state index contributed by atoms with van der Waals surface area (Å²) in [4.78, 5) is 19.2. The number of hydrogen-bond acceptors (Lipinski definition) is 5.